The van der Waals surface area contributed by atoms with Crippen LogP contribution in [0.15, 0.2) is 29.6 Å². The average molecular weight is 262 g/mol. The first-order chi connectivity index (χ1) is 8.70. The second-order valence-corrected chi connectivity index (χ2v) is 5.31. The number of methoxy groups -OCH3 is 1. The zero-order valence-electron chi connectivity index (χ0n) is 10.9. The van der Waals surface area contributed by atoms with Gasteiger partial charge in [-0.1, -0.05) is 26.0 Å². The second kappa shape index (κ2) is 5.98. The summed E-state index contributed by atoms with van der Waals surface area (Å²) in [5, 5.41) is 6.55. The van der Waals surface area contributed by atoms with Crippen LogP contribution in [-0.2, 0) is 6.54 Å². The first-order valence-corrected chi connectivity index (χ1v) is 6.90. The van der Waals surface area contributed by atoms with Gasteiger partial charge in [-0.2, -0.15) is 0 Å². The van der Waals surface area contributed by atoms with E-state index in [1.54, 1.807) is 18.4 Å². The van der Waals surface area contributed by atoms with Gasteiger partial charge in [0.15, 0.2) is 0 Å². The Hall–Kier alpha value is -1.39. The summed E-state index contributed by atoms with van der Waals surface area (Å²) in [6.07, 6.45) is 0. The number of nitrogens with zero attached hydrogens (tertiary/aromatic N) is 1. The summed E-state index contributed by atoms with van der Waals surface area (Å²) in [6.45, 7) is 5.08. The van der Waals surface area contributed by atoms with Crippen LogP contribution in [0.5, 0.6) is 5.75 Å². The van der Waals surface area contributed by atoms with Gasteiger partial charge in [0, 0.05) is 23.5 Å². The van der Waals surface area contributed by atoms with Gasteiger partial charge in [-0.3, -0.25) is 0 Å². The maximum atomic E-state index is 5.36. The van der Waals surface area contributed by atoms with Crippen molar-refractivity contribution in [1.82, 2.24) is 10.3 Å². The third-order valence-electron chi connectivity index (χ3n) is 2.60. The van der Waals surface area contributed by atoms with Crippen LogP contribution in [0.25, 0.3) is 11.3 Å². The van der Waals surface area contributed by atoms with Crippen molar-refractivity contribution in [2.24, 2.45) is 0 Å². The van der Waals surface area contributed by atoms with Crippen LogP contribution in [0.1, 0.15) is 18.9 Å². The molecule has 18 heavy (non-hydrogen) atoms. The molecule has 0 spiro atoms. The molecular weight excluding hydrogens is 244 g/mol. The molecule has 0 unspecified atom stereocenters. The molecule has 1 aromatic carbocycles. The van der Waals surface area contributed by atoms with E-state index < -0.39 is 0 Å². The lowest BCUT2D eigenvalue weighted by atomic mass is 10.1. The molecule has 1 aromatic heterocycles. The monoisotopic (exact) mass is 262 g/mol. The largest absolute Gasteiger partial charge is 0.496 e. The predicted octanol–water partition coefficient (Wildman–Crippen LogP) is 3.32. The molecule has 2 rings (SSSR count). The zero-order valence-corrected chi connectivity index (χ0v) is 11.8. The summed E-state index contributed by atoms with van der Waals surface area (Å²) in [5.74, 6) is 0.867. The molecule has 96 valence electrons. The van der Waals surface area contributed by atoms with Gasteiger partial charge < -0.3 is 10.1 Å². The van der Waals surface area contributed by atoms with E-state index in [1.807, 2.05) is 24.3 Å². The van der Waals surface area contributed by atoms with Crippen molar-refractivity contribution in [2.45, 2.75) is 26.4 Å². The van der Waals surface area contributed by atoms with Crippen molar-refractivity contribution >= 4 is 11.3 Å². The molecule has 3 nitrogen and oxygen atoms in total. The molecule has 1 heterocycles. The Morgan fingerprint density at radius 2 is 2.11 bits per heavy atom. The number of hydrogen-bond donors (Lipinski definition) is 1. The fourth-order valence-electron chi connectivity index (χ4n) is 1.66. The van der Waals surface area contributed by atoms with Crippen molar-refractivity contribution in [3.05, 3.63) is 34.7 Å². The Kier molecular flexibility index (Phi) is 4.33. The van der Waals surface area contributed by atoms with Gasteiger partial charge in [0.2, 0.25) is 0 Å². The molecule has 0 saturated heterocycles. The van der Waals surface area contributed by atoms with E-state index in [1.165, 1.54) is 0 Å². The lowest BCUT2D eigenvalue weighted by Crippen LogP contribution is -2.21. The van der Waals surface area contributed by atoms with Crippen molar-refractivity contribution in [3.8, 4) is 17.0 Å². The van der Waals surface area contributed by atoms with Gasteiger partial charge >= 0.3 is 0 Å². The van der Waals surface area contributed by atoms with Gasteiger partial charge in [0.1, 0.15) is 10.8 Å². The maximum Gasteiger partial charge on any atom is 0.128 e. The molecular formula is C14H18N2OS. The van der Waals surface area contributed by atoms with Crippen LogP contribution in [0.4, 0.5) is 0 Å². The van der Waals surface area contributed by atoms with Crippen molar-refractivity contribution in [3.63, 3.8) is 0 Å². The Balaban J connectivity index is 2.18. The average Bonchev–Trinajstić information content (AvgIpc) is 2.85. The predicted molar refractivity (Wildman–Crippen MR) is 76.1 cm³/mol. The first-order valence-electron chi connectivity index (χ1n) is 6.02. The minimum absolute atomic E-state index is 0.476. The third-order valence-corrected chi connectivity index (χ3v) is 3.45. The van der Waals surface area contributed by atoms with Gasteiger partial charge in [-0.15, -0.1) is 11.3 Å². The molecule has 1 N–H and O–H groups in total. The molecule has 0 atom stereocenters. The highest BCUT2D eigenvalue weighted by Crippen LogP contribution is 2.30. The van der Waals surface area contributed by atoms with Crippen LogP contribution in [0.3, 0.4) is 0 Å². The van der Waals surface area contributed by atoms with Crippen molar-refractivity contribution in [2.75, 3.05) is 7.11 Å². The SMILES string of the molecule is COc1ccccc1-c1csc(CNC(C)C)n1. The van der Waals surface area contributed by atoms with Crippen LogP contribution in [0, 0.1) is 0 Å². The van der Waals surface area contributed by atoms with E-state index in [0.29, 0.717) is 6.04 Å². The van der Waals surface area contributed by atoms with Crippen molar-refractivity contribution < 1.29 is 4.74 Å². The van der Waals surface area contributed by atoms with Gasteiger partial charge in [0.05, 0.1) is 12.8 Å². The van der Waals surface area contributed by atoms with E-state index in [-0.39, 0.29) is 0 Å². The number of rotatable bonds is 5. The molecule has 0 bridgehead atoms. The highest BCUT2D eigenvalue weighted by Gasteiger charge is 2.09. The molecule has 4 heteroatoms. The van der Waals surface area contributed by atoms with E-state index in [0.717, 1.165) is 28.6 Å². The highest BCUT2D eigenvalue weighted by molar-refractivity contribution is 7.09. The third kappa shape index (κ3) is 3.09. The van der Waals surface area contributed by atoms with Crippen LogP contribution < -0.4 is 10.1 Å². The van der Waals surface area contributed by atoms with E-state index in [2.05, 4.69) is 29.5 Å². The molecule has 0 saturated carbocycles. The summed E-state index contributed by atoms with van der Waals surface area (Å²) in [4.78, 5) is 4.64. The van der Waals surface area contributed by atoms with Crippen LogP contribution in [-0.4, -0.2) is 18.1 Å². The Morgan fingerprint density at radius 3 is 2.83 bits per heavy atom. The quantitative estimate of drug-likeness (QED) is 0.897. The standard InChI is InChI=1S/C14H18N2OS/c1-10(2)15-8-14-16-12(9-18-14)11-6-4-5-7-13(11)17-3/h4-7,9-10,15H,8H2,1-3H3. The van der Waals surface area contributed by atoms with E-state index in [4.69, 9.17) is 4.74 Å². The summed E-state index contributed by atoms with van der Waals surface area (Å²) < 4.78 is 5.36. The number of nitrogens with one attached hydrogen (secondary N) is 1. The smallest absolute Gasteiger partial charge is 0.128 e. The second-order valence-electron chi connectivity index (χ2n) is 4.36. The highest BCUT2D eigenvalue weighted by atomic mass is 32.1. The van der Waals surface area contributed by atoms with Crippen LogP contribution in [0.2, 0.25) is 0 Å². The summed E-state index contributed by atoms with van der Waals surface area (Å²) in [6, 6.07) is 8.44. The Bertz CT molecular complexity index is 508. The van der Waals surface area contributed by atoms with Crippen LogP contribution >= 0.6 is 11.3 Å². The Labute approximate surface area is 112 Å². The Morgan fingerprint density at radius 1 is 1.33 bits per heavy atom. The lowest BCUT2D eigenvalue weighted by Gasteiger charge is -2.06. The minimum Gasteiger partial charge on any atom is -0.496 e. The minimum atomic E-state index is 0.476. The summed E-state index contributed by atoms with van der Waals surface area (Å²) in [5.41, 5.74) is 2.03. The lowest BCUT2D eigenvalue weighted by molar-refractivity contribution is 0.416. The topological polar surface area (TPSA) is 34.1 Å². The number of benzene rings is 1. The fourth-order valence-corrected chi connectivity index (χ4v) is 2.41. The molecule has 0 aliphatic carbocycles. The maximum absolute atomic E-state index is 5.36. The number of thiazole rings is 1. The number of hydrogen-bond acceptors (Lipinski definition) is 4. The number of para-hydroxylation sites is 1. The normalized spacial score (nSPS) is 10.9. The van der Waals surface area contributed by atoms with Gasteiger partial charge in [-0.05, 0) is 12.1 Å². The zero-order chi connectivity index (χ0) is 13.0. The van der Waals surface area contributed by atoms with Gasteiger partial charge in [0.25, 0.3) is 0 Å². The summed E-state index contributed by atoms with van der Waals surface area (Å²) >= 11 is 1.68. The van der Waals surface area contributed by atoms with Gasteiger partial charge in [-0.25, -0.2) is 4.98 Å². The molecule has 0 aliphatic heterocycles. The first kappa shape index (κ1) is 13.1. The molecule has 0 radical (unpaired) electrons. The molecule has 2 aromatic rings. The molecule has 0 aliphatic rings. The van der Waals surface area contributed by atoms with E-state index >= 15 is 0 Å². The van der Waals surface area contributed by atoms with Crippen molar-refractivity contribution in [1.29, 1.82) is 0 Å². The molecule has 0 amide bonds. The number of aromatic nitrogens is 1. The molecule has 0 fully saturated rings. The fraction of sp³-hybridized carbons (Fsp3) is 0.357. The van der Waals surface area contributed by atoms with E-state index in [9.17, 15) is 0 Å². The number of ether oxygens (including phenoxy) is 1. The summed E-state index contributed by atoms with van der Waals surface area (Å²) in [7, 11) is 1.69.